The van der Waals surface area contributed by atoms with E-state index in [0.717, 1.165) is 10.5 Å². The number of ether oxygens (including phenoxy) is 2. The number of nitrogens with one attached hydrogen (secondary N) is 1. The molecule has 0 aromatic heterocycles. The molecule has 1 aromatic rings. The fraction of sp³-hybridized carbons (Fsp3) is 0.357. The Labute approximate surface area is 121 Å². The minimum atomic E-state index is -0.915. The zero-order valence-electron chi connectivity index (χ0n) is 11.8. The normalized spacial score (nSPS) is 18.2. The van der Waals surface area contributed by atoms with E-state index in [1.54, 1.807) is 31.4 Å². The van der Waals surface area contributed by atoms with Gasteiger partial charge in [-0.25, -0.2) is 9.59 Å². The van der Waals surface area contributed by atoms with Crippen LogP contribution in [0.3, 0.4) is 0 Å². The standard InChI is InChI=1S/C14H16N2O5/c1-20-10-5-3-9(4-6-10)8-16-12(17)7-11(13(18)21-2)15-14(16)19/h3-6,11H,7-8H2,1-2H3,(H,15,19). The molecule has 0 saturated carbocycles. The molecule has 2 rings (SSSR count). The molecule has 1 atom stereocenters. The van der Waals surface area contributed by atoms with Crippen LogP contribution >= 0.6 is 0 Å². The Morgan fingerprint density at radius 2 is 1.95 bits per heavy atom. The molecular weight excluding hydrogens is 276 g/mol. The van der Waals surface area contributed by atoms with E-state index in [0.29, 0.717) is 5.75 Å². The zero-order chi connectivity index (χ0) is 15.4. The summed E-state index contributed by atoms with van der Waals surface area (Å²) in [6.45, 7) is 0.141. The second-order valence-electron chi connectivity index (χ2n) is 4.56. The summed E-state index contributed by atoms with van der Waals surface area (Å²) in [5.41, 5.74) is 0.788. The molecule has 1 aromatic carbocycles. The molecule has 7 nitrogen and oxygen atoms in total. The number of carbonyl (C=O) groups is 3. The summed E-state index contributed by atoms with van der Waals surface area (Å²) in [5.74, 6) is -0.343. The molecule has 0 bridgehead atoms. The first-order valence-electron chi connectivity index (χ1n) is 6.36. The van der Waals surface area contributed by atoms with Crippen molar-refractivity contribution < 1.29 is 23.9 Å². The average Bonchev–Trinajstić information content (AvgIpc) is 2.50. The molecule has 21 heavy (non-hydrogen) atoms. The molecule has 0 aliphatic carbocycles. The summed E-state index contributed by atoms with van der Waals surface area (Å²) < 4.78 is 9.57. The van der Waals surface area contributed by atoms with Gasteiger partial charge < -0.3 is 14.8 Å². The van der Waals surface area contributed by atoms with E-state index >= 15 is 0 Å². The number of methoxy groups -OCH3 is 2. The van der Waals surface area contributed by atoms with Crippen LogP contribution in [0.2, 0.25) is 0 Å². The van der Waals surface area contributed by atoms with Gasteiger partial charge in [-0.1, -0.05) is 12.1 Å². The van der Waals surface area contributed by atoms with Crippen molar-refractivity contribution in [1.82, 2.24) is 10.2 Å². The van der Waals surface area contributed by atoms with Crippen molar-refractivity contribution in [1.29, 1.82) is 0 Å². The lowest BCUT2D eigenvalue weighted by Gasteiger charge is -2.29. The third-order valence-electron chi connectivity index (χ3n) is 3.21. The molecule has 1 aliphatic heterocycles. The number of carbonyl (C=O) groups excluding carboxylic acids is 3. The van der Waals surface area contributed by atoms with Crippen molar-refractivity contribution >= 4 is 17.9 Å². The second kappa shape index (κ2) is 6.25. The first-order valence-corrected chi connectivity index (χ1v) is 6.36. The van der Waals surface area contributed by atoms with Gasteiger partial charge in [0.25, 0.3) is 0 Å². The van der Waals surface area contributed by atoms with E-state index < -0.39 is 23.9 Å². The van der Waals surface area contributed by atoms with Gasteiger partial charge in [0, 0.05) is 0 Å². The lowest BCUT2D eigenvalue weighted by Crippen LogP contribution is -2.56. The van der Waals surface area contributed by atoms with Crippen molar-refractivity contribution in [3.8, 4) is 5.75 Å². The number of imide groups is 1. The molecule has 1 unspecified atom stereocenters. The topological polar surface area (TPSA) is 84.9 Å². The Bertz CT molecular complexity index is 537. The van der Waals surface area contributed by atoms with Crippen LogP contribution in [0, 0.1) is 0 Å². The highest BCUT2D eigenvalue weighted by molar-refractivity contribution is 6.01. The molecule has 1 fully saturated rings. The molecule has 1 saturated heterocycles. The van der Waals surface area contributed by atoms with Gasteiger partial charge in [0.1, 0.15) is 11.8 Å². The third kappa shape index (κ3) is 3.31. The fourth-order valence-corrected chi connectivity index (χ4v) is 2.03. The number of amides is 3. The van der Waals surface area contributed by atoms with Gasteiger partial charge in [-0.2, -0.15) is 0 Å². The van der Waals surface area contributed by atoms with E-state index in [9.17, 15) is 14.4 Å². The number of benzene rings is 1. The minimum Gasteiger partial charge on any atom is -0.497 e. The Kier molecular flexibility index (Phi) is 4.42. The second-order valence-corrected chi connectivity index (χ2v) is 4.56. The Balaban J connectivity index is 2.05. The van der Waals surface area contributed by atoms with Crippen LogP contribution < -0.4 is 10.1 Å². The minimum absolute atomic E-state index is 0.103. The van der Waals surface area contributed by atoms with Crippen molar-refractivity contribution in [3.63, 3.8) is 0 Å². The highest BCUT2D eigenvalue weighted by Gasteiger charge is 2.36. The van der Waals surface area contributed by atoms with Gasteiger partial charge in [-0.3, -0.25) is 9.69 Å². The maximum Gasteiger partial charge on any atom is 0.328 e. The quantitative estimate of drug-likeness (QED) is 0.825. The number of nitrogens with zero attached hydrogens (tertiary/aromatic N) is 1. The zero-order valence-corrected chi connectivity index (χ0v) is 11.8. The summed E-state index contributed by atoms with van der Waals surface area (Å²) in [6.07, 6.45) is -0.103. The maximum absolute atomic E-state index is 12.0. The molecule has 0 spiro atoms. The van der Waals surface area contributed by atoms with E-state index in [2.05, 4.69) is 10.1 Å². The highest BCUT2D eigenvalue weighted by Crippen LogP contribution is 2.16. The van der Waals surface area contributed by atoms with Crippen LogP contribution in [0.15, 0.2) is 24.3 Å². The lowest BCUT2D eigenvalue weighted by atomic mass is 10.1. The van der Waals surface area contributed by atoms with Gasteiger partial charge in [0.05, 0.1) is 27.2 Å². The summed E-state index contributed by atoms with van der Waals surface area (Å²) in [7, 11) is 2.77. The van der Waals surface area contributed by atoms with E-state index in [1.165, 1.54) is 7.11 Å². The molecule has 7 heteroatoms. The van der Waals surface area contributed by atoms with Crippen LogP contribution in [-0.4, -0.2) is 43.1 Å². The summed E-state index contributed by atoms with van der Waals surface area (Å²) >= 11 is 0. The summed E-state index contributed by atoms with van der Waals surface area (Å²) in [4.78, 5) is 36.4. The average molecular weight is 292 g/mol. The lowest BCUT2D eigenvalue weighted by molar-refractivity contribution is -0.147. The largest absolute Gasteiger partial charge is 0.497 e. The van der Waals surface area contributed by atoms with Crippen LogP contribution in [0.5, 0.6) is 5.75 Å². The van der Waals surface area contributed by atoms with Crippen molar-refractivity contribution in [3.05, 3.63) is 29.8 Å². The molecule has 1 N–H and O–H groups in total. The smallest absolute Gasteiger partial charge is 0.328 e. The fourth-order valence-electron chi connectivity index (χ4n) is 2.03. The SMILES string of the molecule is COC(=O)C1CC(=O)N(Cc2ccc(OC)cc2)C(=O)N1. The van der Waals surface area contributed by atoms with Crippen molar-refractivity contribution in [2.75, 3.05) is 14.2 Å². The van der Waals surface area contributed by atoms with Gasteiger partial charge in [-0.05, 0) is 17.7 Å². The molecule has 112 valence electrons. The van der Waals surface area contributed by atoms with E-state index in [4.69, 9.17) is 4.74 Å². The summed E-state index contributed by atoms with van der Waals surface area (Å²) in [6, 6.07) is 5.52. The number of hydrogen-bond donors (Lipinski definition) is 1. The van der Waals surface area contributed by atoms with Gasteiger partial charge in [0.15, 0.2) is 0 Å². The van der Waals surface area contributed by atoms with Crippen LogP contribution in [0.25, 0.3) is 0 Å². The first kappa shape index (κ1) is 14.8. The number of hydrogen-bond acceptors (Lipinski definition) is 5. The number of rotatable bonds is 4. The Morgan fingerprint density at radius 3 is 2.48 bits per heavy atom. The van der Waals surface area contributed by atoms with Gasteiger partial charge in [-0.15, -0.1) is 0 Å². The first-order chi connectivity index (χ1) is 10.0. The van der Waals surface area contributed by atoms with Crippen LogP contribution in [-0.2, 0) is 20.9 Å². The predicted octanol–water partition coefficient (Wildman–Crippen LogP) is 0.679. The summed E-state index contributed by atoms with van der Waals surface area (Å²) in [5, 5.41) is 2.46. The molecular formula is C14H16N2O5. The number of esters is 1. The van der Waals surface area contributed by atoms with E-state index in [1.807, 2.05) is 0 Å². The monoisotopic (exact) mass is 292 g/mol. The van der Waals surface area contributed by atoms with Crippen LogP contribution in [0.4, 0.5) is 4.79 Å². The van der Waals surface area contributed by atoms with Crippen molar-refractivity contribution in [2.45, 2.75) is 19.0 Å². The Morgan fingerprint density at radius 1 is 1.29 bits per heavy atom. The number of urea groups is 1. The maximum atomic E-state index is 12.0. The predicted molar refractivity (Wildman–Crippen MR) is 72.5 cm³/mol. The molecule has 1 heterocycles. The third-order valence-corrected chi connectivity index (χ3v) is 3.21. The molecule has 3 amide bonds. The van der Waals surface area contributed by atoms with Crippen molar-refractivity contribution in [2.24, 2.45) is 0 Å². The van der Waals surface area contributed by atoms with Gasteiger partial charge in [0.2, 0.25) is 5.91 Å². The molecule has 0 radical (unpaired) electrons. The molecule has 1 aliphatic rings. The highest BCUT2D eigenvalue weighted by atomic mass is 16.5. The van der Waals surface area contributed by atoms with Crippen LogP contribution in [0.1, 0.15) is 12.0 Å². The Hall–Kier alpha value is -2.57. The van der Waals surface area contributed by atoms with Gasteiger partial charge >= 0.3 is 12.0 Å². The van der Waals surface area contributed by atoms with E-state index in [-0.39, 0.29) is 13.0 Å².